The van der Waals surface area contributed by atoms with Gasteiger partial charge in [0.15, 0.2) is 5.76 Å². The molecule has 0 aliphatic carbocycles. The first-order valence-electron chi connectivity index (χ1n) is 8.22. The minimum Gasteiger partial charge on any atom is -0.356 e. The summed E-state index contributed by atoms with van der Waals surface area (Å²) in [6.07, 6.45) is 0.698. The van der Waals surface area contributed by atoms with Gasteiger partial charge in [-0.25, -0.2) is 0 Å². The Morgan fingerprint density at radius 2 is 1.92 bits per heavy atom. The normalized spacial score (nSPS) is 13.6. The number of carbonyl (C=O) groups excluding carboxylic acids is 1. The van der Waals surface area contributed by atoms with Gasteiger partial charge in [0, 0.05) is 34.7 Å². The summed E-state index contributed by atoms with van der Waals surface area (Å²) >= 11 is 5.96. The number of nitrogens with zero attached hydrogens (tertiary/aromatic N) is 2. The van der Waals surface area contributed by atoms with E-state index in [4.69, 9.17) is 16.1 Å². The topological polar surface area (TPSA) is 46.3 Å². The summed E-state index contributed by atoms with van der Waals surface area (Å²) in [5.74, 6) is 0.765. The maximum atomic E-state index is 12.9. The summed E-state index contributed by atoms with van der Waals surface area (Å²) in [7, 11) is 0. The first-order chi connectivity index (χ1) is 12.1. The average molecular weight is 353 g/mol. The van der Waals surface area contributed by atoms with Crippen molar-refractivity contribution in [3.05, 3.63) is 75.9 Å². The van der Waals surface area contributed by atoms with E-state index < -0.39 is 0 Å². The van der Waals surface area contributed by atoms with Gasteiger partial charge in [-0.2, -0.15) is 0 Å². The molecule has 0 radical (unpaired) electrons. The van der Waals surface area contributed by atoms with Crippen molar-refractivity contribution in [2.45, 2.75) is 19.9 Å². The van der Waals surface area contributed by atoms with Crippen LogP contribution in [0.15, 0.2) is 53.1 Å². The van der Waals surface area contributed by atoms with Gasteiger partial charge >= 0.3 is 0 Å². The van der Waals surface area contributed by atoms with Gasteiger partial charge in [0.05, 0.1) is 12.2 Å². The summed E-state index contributed by atoms with van der Waals surface area (Å²) in [6.45, 7) is 3.11. The fourth-order valence-electron chi connectivity index (χ4n) is 3.20. The Labute approximate surface area is 151 Å². The number of benzene rings is 2. The maximum Gasteiger partial charge on any atom is 0.254 e. The fourth-order valence-corrected chi connectivity index (χ4v) is 3.32. The monoisotopic (exact) mass is 352 g/mol. The number of carbonyl (C=O) groups is 1. The van der Waals surface area contributed by atoms with Crippen LogP contribution in [0.1, 0.15) is 27.2 Å². The van der Waals surface area contributed by atoms with E-state index in [-0.39, 0.29) is 5.91 Å². The molecule has 0 bridgehead atoms. The van der Waals surface area contributed by atoms with Crippen molar-refractivity contribution >= 4 is 17.5 Å². The molecule has 4 nitrogen and oxygen atoms in total. The summed E-state index contributed by atoms with van der Waals surface area (Å²) in [6, 6.07) is 15.1. The quantitative estimate of drug-likeness (QED) is 0.682. The third-order valence-corrected chi connectivity index (χ3v) is 4.86. The second-order valence-electron chi connectivity index (χ2n) is 6.24. The van der Waals surface area contributed by atoms with Crippen LogP contribution in [0.2, 0.25) is 5.02 Å². The molecule has 0 N–H and O–H groups in total. The van der Waals surface area contributed by atoms with Gasteiger partial charge in [0.25, 0.3) is 5.91 Å². The molecule has 4 rings (SSSR count). The minimum absolute atomic E-state index is 0.0482. The van der Waals surface area contributed by atoms with Gasteiger partial charge in [-0.1, -0.05) is 35.0 Å². The van der Waals surface area contributed by atoms with Crippen molar-refractivity contribution in [3.63, 3.8) is 0 Å². The van der Waals surface area contributed by atoms with E-state index in [9.17, 15) is 4.79 Å². The highest BCUT2D eigenvalue weighted by atomic mass is 35.5. The van der Waals surface area contributed by atoms with Gasteiger partial charge in [-0.3, -0.25) is 4.79 Å². The zero-order chi connectivity index (χ0) is 17.4. The van der Waals surface area contributed by atoms with Crippen molar-refractivity contribution in [1.29, 1.82) is 0 Å². The number of hydrogen-bond acceptors (Lipinski definition) is 3. The molecule has 2 aromatic carbocycles. The zero-order valence-electron chi connectivity index (χ0n) is 13.8. The van der Waals surface area contributed by atoms with Crippen molar-refractivity contribution in [3.8, 4) is 11.3 Å². The van der Waals surface area contributed by atoms with Crippen LogP contribution in [0.3, 0.4) is 0 Å². The van der Waals surface area contributed by atoms with E-state index in [1.165, 1.54) is 0 Å². The predicted octanol–water partition coefficient (Wildman–Crippen LogP) is 4.50. The minimum atomic E-state index is 0.0482. The van der Waals surface area contributed by atoms with E-state index in [0.717, 1.165) is 27.9 Å². The van der Waals surface area contributed by atoms with Crippen LogP contribution in [-0.2, 0) is 13.0 Å². The van der Waals surface area contributed by atoms with Gasteiger partial charge in [0.2, 0.25) is 0 Å². The first kappa shape index (κ1) is 15.9. The third kappa shape index (κ3) is 2.94. The van der Waals surface area contributed by atoms with Gasteiger partial charge in [-0.15, -0.1) is 0 Å². The number of fused-ring (bicyclic) bond motifs is 1. The molecule has 0 saturated carbocycles. The molecule has 5 heteroatoms. The maximum absolute atomic E-state index is 12.9. The average Bonchev–Trinajstić information content (AvgIpc) is 3.05. The lowest BCUT2D eigenvalue weighted by Gasteiger charge is -2.27. The van der Waals surface area contributed by atoms with Gasteiger partial charge in [0.1, 0.15) is 0 Å². The molecule has 2 heterocycles. The van der Waals surface area contributed by atoms with Crippen LogP contribution in [0.5, 0.6) is 0 Å². The summed E-state index contributed by atoms with van der Waals surface area (Å²) in [5.41, 5.74) is 4.56. The molecule has 25 heavy (non-hydrogen) atoms. The molecule has 1 aliphatic rings. The van der Waals surface area contributed by atoms with Gasteiger partial charge < -0.3 is 9.42 Å². The van der Waals surface area contributed by atoms with E-state index in [1.54, 1.807) is 0 Å². The van der Waals surface area contributed by atoms with Crippen LogP contribution in [-0.4, -0.2) is 22.5 Å². The Bertz CT molecular complexity index is 931. The number of aromatic nitrogens is 1. The SMILES string of the molecule is Cc1ccccc1C(=O)N1CCc2noc(-c3ccc(Cl)cc3)c2C1. The highest BCUT2D eigenvalue weighted by Crippen LogP contribution is 2.31. The molecule has 0 unspecified atom stereocenters. The smallest absolute Gasteiger partial charge is 0.254 e. The molecule has 0 atom stereocenters. The Kier molecular flexibility index (Phi) is 4.06. The van der Waals surface area contributed by atoms with Crippen LogP contribution in [0.4, 0.5) is 0 Å². The number of hydrogen-bond donors (Lipinski definition) is 0. The van der Waals surface area contributed by atoms with Crippen molar-refractivity contribution in [2.24, 2.45) is 0 Å². The zero-order valence-corrected chi connectivity index (χ0v) is 14.6. The van der Waals surface area contributed by atoms with E-state index in [0.29, 0.717) is 30.3 Å². The molecule has 0 spiro atoms. The van der Waals surface area contributed by atoms with Gasteiger partial charge in [-0.05, 0) is 42.8 Å². The molecule has 1 aromatic heterocycles. The summed E-state index contributed by atoms with van der Waals surface area (Å²) < 4.78 is 5.57. The largest absolute Gasteiger partial charge is 0.356 e. The Balaban J connectivity index is 1.65. The van der Waals surface area contributed by atoms with E-state index in [1.807, 2.05) is 60.4 Å². The van der Waals surface area contributed by atoms with E-state index in [2.05, 4.69) is 5.16 Å². The second kappa shape index (κ2) is 6.37. The highest BCUT2D eigenvalue weighted by Gasteiger charge is 2.28. The van der Waals surface area contributed by atoms with Crippen LogP contribution < -0.4 is 0 Å². The lowest BCUT2D eigenvalue weighted by Crippen LogP contribution is -2.36. The summed E-state index contributed by atoms with van der Waals surface area (Å²) in [5, 5.41) is 4.87. The van der Waals surface area contributed by atoms with Crippen LogP contribution in [0.25, 0.3) is 11.3 Å². The lowest BCUT2D eigenvalue weighted by molar-refractivity contribution is 0.0734. The first-order valence-corrected chi connectivity index (χ1v) is 8.59. The van der Waals surface area contributed by atoms with Crippen LogP contribution in [0, 0.1) is 6.92 Å². The van der Waals surface area contributed by atoms with Crippen molar-refractivity contribution in [2.75, 3.05) is 6.54 Å². The molecule has 126 valence electrons. The van der Waals surface area contributed by atoms with E-state index >= 15 is 0 Å². The highest BCUT2D eigenvalue weighted by molar-refractivity contribution is 6.30. The molecule has 1 amide bonds. The second-order valence-corrected chi connectivity index (χ2v) is 6.67. The standard InChI is InChI=1S/C20H17ClN2O2/c1-13-4-2-3-5-16(13)20(24)23-11-10-18-17(12-23)19(25-22-18)14-6-8-15(21)9-7-14/h2-9H,10-12H2,1H3. The lowest BCUT2D eigenvalue weighted by atomic mass is 10.00. The molecular formula is C20H17ClN2O2. The molecule has 1 aliphatic heterocycles. The third-order valence-electron chi connectivity index (χ3n) is 4.61. The summed E-state index contributed by atoms with van der Waals surface area (Å²) in [4.78, 5) is 14.8. The number of aryl methyl sites for hydroxylation is 1. The molecule has 3 aromatic rings. The van der Waals surface area contributed by atoms with Crippen molar-refractivity contribution in [1.82, 2.24) is 10.1 Å². The fraction of sp³-hybridized carbons (Fsp3) is 0.200. The predicted molar refractivity (Wildman–Crippen MR) is 96.6 cm³/mol. The Hall–Kier alpha value is -2.59. The van der Waals surface area contributed by atoms with Crippen LogP contribution >= 0.6 is 11.6 Å². The number of amides is 1. The number of halogens is 1. The molecular weight excluding hydrogens is 336 g/mol. The Morgan fingerprint density at radius 3 is 2.68 bits per heavy atom. The molecule has 0 saturated heterocycles. The molecule has 0 fully saturated rings. The Morgan fingerprint density at radius 1 is 1.16 bits per heavy atom. The van der Waals surface area contributed by atoms with Crippen molar-refractivity contribution < 1.29 is 9.32 Å². The number of rotatable bonds is 2.